The Balaban J connectivity index is 1.94. The molecule has 1 heterocycles. The van der Waals surface area contributed by atoms with Gasteiger partial charge in [-0.1, -0.05) is 25.1 Å². The Morgan fingerprint density at radius 3 is 2.95 bits per heavy atom. The monoisotopic (exact) mass is 279 g/mol. The molecule has 2 rings (SSSR count). The highest BCUT2D eigenvalue weighted by Gasteiger charge is 2.25. The maximum Gasteiger partial charge on any atom is 0.320 e. The fourth-order valence-corrected chi connectivity index (χ4v) is 3.63. The summed E-state index contributed by atoms with van der Waals surface area (Å²) >= 11 is 1.91. The van der Waals surface area contributed by atoms with Crippen molar-refractivity contribution in [3.8, 4) is 0 Å². The number of esters is 1. The maximum absolute atomic E-state index is 11.6. The third-order valence-corrected chi connectivity index (χ3v) is 4.63. The van der Waals surface area contributed by atoms with E-state index in [1.54, 1.807) is 0 Å². The van der Waals surface area contributed by atoms with Crippen molar-refractivity contribution in [1.29, 1.82) is 0 Å². The van der Waals surface area contributed by atoms with Crippen LogP contribution in [0.15, 0.2) is 29.2 Å². The van der Waals surface area contributed by atoms with Crippen molar-refractivity contribution in [3.05, 3.63) is 29.8 Å². The molecule has 3 nitrogen and oxygen atoms in total. The van der Waals surface area contributed by atoms with Crippen molar-refractivity contribution in [1.82, 2.24) is 4.90 Å². The van der Waals surface area contributed by atoms with E-state index in [0.29, 0.717) is 19.1 Å². The Kier molecular flexibility index (Phi) is 5.28. The maximum atomic E-state index is 11.6. The van der Waals surface area contributed by atoms with E-state index in [4.69, 9.17) is 4.74 Å². The van der Waals surface area contributed by atoms with Crippen LogP contribution in [0.3, 0.4) is 0 Å². The Morgan fingerprint density at radius 2 is 2.21 bits per heavy atom. The Hall–Kier alpha value is -1.00. The Morgan fingerprint density at radius 1 is 1.42 bits per heavy atom. The van der Waals surface area contributed by atoms with Gasteiger partial charge in [-0.25, -0.2) is 0 Å². The summed E-state index contributed by atoms with van der Waals surface area (Å²) in [5, 5.41) is 0. The molecule has 1 atom stereocenters. The lowest BCUT2D eigenvalue weighted by Gasteiger charge is -2.23. The first-order chi connectivity index (χ1) is 9.24. The van der Waals surface area contributed by atoms with Crippen LogP contribution < -0.4 is 0 Å². The number of rotatable bonds is 6. The molecule has 0 aliphatic carbocycles. The molecule has 1 aliphatic rings. The number of benzene rings is 1. The van der Waals surface area contributed by atoms with Crippen LogP contribution in [0.4, 0.5) is 0 Å². The normalized spacial score (nSPS) is 17.5. The number of carbonyl (C=O) groups excluding carboxylic acids is 1. The second-order valence-electron chi connectivity index (χ2n) is 4.68. The third-order valence-electron chi connectivity index (χ3n) is 3.38. The zero-order valence-corrected chi connectivity index (χ0v) is 12.4. The van der Waals surface area contributed by atoms with E-state index in [1.165, 1.54) is 10.5 Å². The highest BCUT2D eigenvalue weighted by Crippen LogP contribution is 2.39. The highest BCUT2D eigenvalue weighted by atomic mass is 32.2. The molecule has 1 unspecified atom stereocenters. The summed E-state index contributed by atoms with van der Waals surface area (Å²) in [6.45, 7) is 6.60. The van der Waals surface area contributed by atoms with Gasteiger partial charge in [-0.15, -0.1) is 11.8 Å². The molecule has 0 N–H and O–H groups in total. The molecule has 0 fully saturated rings. The van der Waals surface area contributed by atoms with Gasteiger partial charge in [-0.3, -0.25) is 9.69 Å². The number of hydrogen-bond acceptors (Lipinski definition) is 4. The first kappa shape index (κ1) is 14.4. The number of ether oxygens (including phenoxy) is 1. The molecule has 0 saturated heterocycles. The van der Waals surface area contributed by atoms with Crippen LogP contribution >= 0.6 is 11.8 Å². The molecule has 1 aliphatic heterocycles. The van der Waals surface area contributed by atoms with E-state index >= 15 is 0 Å². The predicted molar refractivity (Wildman–Crippen MR) is 78.7 cm³/mol. The van der Waals surface area contributed by atoms with E-state index in [9.17, 15) is 4.79 Å². The fraction of sp³-hybridized carbons (Fsp3) is 0.533. The predicted octanol–water partition coefficient (Wildman–Crippen LogP) is 2.76. The highest BCUT2D eigenvalue weighted by molar-refractivity contribution is 7.99. The molecule has 0 bridgehead atoms. The molecule has 19 heavy (non-hydrogen) atoms. The Bertz CT molecular complexity index is 436. The molecule has 0 aromatic heterocycles. The number of likely N-dealkylation sites (N-methyl/N-ethyl adjacent to an activating group) is 1. The molecule has 4 heteroatoms. The van der Waals surface area contributed by atoms with E-state index in [-0.39, 0.29) is 5.97 Å². The zero-order chi connectivity index (χ0) is 13.7. The second kappa shape index (κ2) is 6.96. The van der Waals surface area contributed by atoms with Crippen molar-refractivity contribution in [2.75, 3.05) is 32.0 Å². The summed E-state index contributed by atoms with van der Waals surface area (Å²) in [6, 6.07) is 8.57. The fourth-order valence-electron chi connectivity index (χ4n) is 2.39. The molecular formula is C15H21NO2S. The molecule has 0 spiro atoms. The number of thioether (sulfide) groups is 1. The van der Waals surface area contributed by atoms with Gasteiger partial charge in [0.25, 0.3) is 0 Å². The molecule has 1 aromatic carbocycles. The van der Waals surface area contributed by atoms with Crippen molar-refractivity contribution >= 4 is 17.7 Å². The summed E-state index contributed by atoms with van der Waals surface area (Å²) in [5.74, 6) is 1.51. The number of nitrogens with zero attached hydrogens (tertiary/aromatic N) is 1. The van der Waals surface area contributed by atoms with E-state index in [0.717, 1.165) is 18.8 Å². The molecule has 0 radical (unpaired) electrons. The smallest absolute Gasteiger partial charge is 0.320 e. The van der Waals surface area contributed by atoms with Crippen molar-refractivity contribution < 1.29 is 9.53 Å². The first-order valence-corrected chi connectivity index (χ1v) is 7.82. The SMILES string of the molecule is CCOC(=O)CN(CC)CC1CSc2ccccc21. The largest absolute Gasteiger partial charge is 0.465 e. The van der Waals surface area contributed by atoms with E-state index in [1.807, 2.05) is 18.7 Å². The lowest BCUT2D eigenvalue weighted by Crippen LogP contribution is -2.34. The Labute approximate surface area is 119 Å². The number of fused-ring (bicyclic) bond motifs is 1. The van der Waals surface area contributed by atoms with Crippen LogP contribution in [0.2, 0.25) is 0 Å². The zero-order valence-electron chi connectivity index (χ0n) is 11.6. The van der Waals surface area contributed by atoms with E-state index < -0.39 is 0 Å². The minimum Gasteiger partial charge on any atom is -0.465 e. The average Bonchev–Trinajstić information content (AvgIpc) is 2.82. The van der Waals surface area contributed by atoms with Crippen LogP contribution in [-0.2, 0) is 9.53 Å². The third kappa shape index (κ3) is 3.74. The summed E-state index contributed by atoms with van der Waals surface area (Å²) in [4.78, 5) is 15.1. The lowest BCUT2D eigenvalue weighted by molar-refractivity contribution is -0.144. The molecule has 0 amide bonds. The standard InChI is InChI=1S/C15H21NO2S/c1-3-16(10-15(17)18-4-2)9-12-11-19-14-8-6-5-7-13(12)14/h5-8,12H,3-4,9-11H2,1-2H3. The van der Waals surface area contributed by atoms with Crippen LogP contribution in [0.1, 0.15) is 25.3 Å². The van der Waals surface area contributed by atoms with E-state index in [2.05, 4.69) is 36.1 Å². The summed E-state index contributed by atoms with van der Waals surface area (Å²) in [6.07, 6.45) is 0. The van der Waals surface area contributed by atoms with Gasteiger partial charge in [0.1, 0.15) is 0 Å². The van der Waals surface area contributed by atoms with Gasteiger partial charge in [0.2, 0.25) is 0 Å². The van der Waals surface area contributed by atoms with Gasteiger partial charge in [0, 0.05) is 23.1 Å². The van der Waals surface area contributed by atoms with Gasteiger partial charge in [-0.2, -0.15) is 0 Å². The van der Waals surface area contributed by atoms with Crippen LogP contribution in [0.25, 0.3) is 0 Å². The van der Waals surface area contributed by atoms with Gasteiger partial charge >= 0.3 is 5.97 Å². The average molecular weight is 279 g/mol. The molecular weight excluding hydrogens is 258 g/mol. The quantitative estimate of drug-likeness (QED) is 0.749. The molecule has 104 valence electrons. The van der Waals surface area contributed by atoms with Gasteiger partial charge < -0.3 is 4.74 Å². The molecule has 1 aromatic rings. The lowest BCUT2D eigenvalue weighted by atomic mass is 10.0. The number of carbonyl (C=O) groups is 1. The summed E-state index contributed by atoms with van der Waals surface area (Å²) < 4.78 is 5.02. The van der Waals surface area contributed by atoms with Crippen LogP contribution in [0, 0.1) is 0 Å². The van der Waals surface area contributed by atoms with Crippen molar-refractivity contribution in [2.45, 2.75) is 24.7 Å². The number of hydrogen-bond donors (Lipinski definition) is 0. The van der Waals surface area contributed by atoms with Gasteiger partial charge in [0.15, 0.2) is 0 Å². The first-order valence-electron chi connectivity index (χ1n) is 6.84. The van der Waals surface area contributed by atoms with Crippen molar-refractivity contribution in [2.24, 2.45) is 0 Å². The van der Waals surface area contributed by atoms with Crippen LogP contribution in [-0.4, -0.2) is 42.9 Å². The van der Waals surface area contributed by atoms with Crippen LogP contribution in [0.5, 0.6) is 0 Å². The van der Waals surface area contributed by atoms with Gasteiger partial charge in [-0.05, 0) is 25.1 Å². The minimum atomic E-state index is -0.122. The van der Waals surface area contributed by atoms with Gasteiger partial charge in [0.05, 0.1) is 13.2 Å². The van der Waals surface area contributed by atoms with Crippen molar-refractivity contribution in [3.63, 3.8) is 0 Å². The molecule has 0 saturated carbocycles. The summed E-state index contributed by atoms with van der Waals surface area (Å²) in [7, 11) is 0. The topological polar surface area (TPSA) is 29.5 Å². The minimum absolute atomic E-state index is 0.122. The summed E-state index contributed by atoms with van der Waals surface area (Å²) in [5.41, 5.74) is 1.43. The second-order valence-corrected chi connectivity index (χ2v) is 5.74.